The third-order valence-electron chi connectivity index (χ3n) is 4.51. The molecule has 0 radical (unpaired) electrons. The standard InChI is InChI=1S/C20H23N3O5S/c1-23(2)29(26,27)17-10-8-15(9-11-17)21-19(24)14-5-3-6-16(13-14)22-20(25)18-7-4-12-28-18/h3,5-6,8-11,13,18H,4,7,12H2,1-2H3,(H,21,24)(H,22,25). The number of amides is 2. The van der Waals surface area contributed by atoms with Crippen LogP contribution in [0.15, 0.2) is 53.4 Å². The van der Waals surface area contributed by atoms with E-state index < -0.39 is 16.1 Å². The van der Waals surface area contributed by atoms with Gasteiger partial charge in [0.25, 0.3) is 11.8 Å². The van der Waals surface area contributed by atoms with Crippen LogP contribution in [0.25, 0.3) is 0 Å². The molecular weight excluding hydrogens is 394 g/mol. The van der Waals surface area contributed by atoms with Gasteiger partial charge in [-0.2, -0.15) is 0 Å². The molecule has 1 aliphatic rings. The Hall–Kier alpha value is -2.75. The van der Waals surface area contributed by atoms with Gasteiger partial charge in [-0.05, 0) is 55.3 Å². The number of nitrogens with one attached hydrogen (secondary N) is 2. The minimum Gasteiger partial charge on any atom is -0.368 e. The molecule has 1 saturated heterocycles. The Morgan fingerprint density at radius 1 is 1.03 bits per heavy atom. The van der Waals surface area contributed by atoms with Crippen LogP contribution in [0.2, 0.25) is 0 Å². The lowest BCUT2D eigenvalue weighted by Crippen LogP contribution is -2.27. The number of hydrogen-bond acceptors (Lipinski definition) is 5. The van der Waals surface area contributed by atoms with Crippen molar-refractivity contribution in [2.45, 2.75) is 23.8 Å². The van der Waals surface area contributed by atoms with E-state index >= 15 is 0 Å². The monoisotopic (exact) mass is 417 g/mol. The zero-order valence-corrected chi connectivity index (χ0v) is 17.0. The molecule has 154 valence electrons. The van der Waals surface area contributed by atoms with Crippen molar-refractivity contribution in [3.05, 3.63) is 54.1 Å². The molecule has 0 saturated carbocycles. The molecule has 1 unspecified atom stereocenters. The van der Waals surface area contributed by atoms with Crippen molar-refractivity contribution in [3.63, 3.8) is 0 Å². The van der Waals surface area contributed by atoms with Gasteiger partial charge in [-0.1, -0.05) is 6.07 Å². The Morgan fingerprint density at radius 3 is 2.38 bits per heavy atom. The van der Waals surface area contributed by atoms with Crippen molar-refractivity contribution in [3.8, 4) is 0 Å². The van der Waals surface area contributed by atoms with E-state index in [0.717, 1.165) is 10.7 Å². The number of anilines is 2. The fraction of sp³-hybridized carbons (Fsp3) is 0.300. The SMILES string of the molecule is CN(C)S(=O)(=O)c1ccc(NC(=O)c2cccc(NC(=O)C3CCCO3)c2)cc1. The van der Waals surface area contributed by atoms with Crippen LogP contribution in [-0.2, 0) is 19.6 Å². The molecule has 1 aliphatic heterocycles. The average molecular weight is 417 g/mol. The van der Waals surface area contributed by atoms with Gasteiger partial charge in [0, 0.05) is 37.6 Å². The molecule has 1 atom stereocenters. The van der Waals surface area contributed by atoms with Crippen LogP contribution in [0.3, 0.4) is 0 Å². The summed E-state index contributed by atoms with van der Waals surface area (Å²) in [4.78, 5) is 24.8. The van der Waals surface area contributed by atoms with Gasteiger partial charge in [-0.15, -0.1) is 0 Å². The van der Waals surface area contributed by atoms with Gasteiger partial charge >= 0.3 is 0 Å². The number of sulfonamides is 1. The summed E-state index contributed by atoms with van der Waals surface area (Å²) in [5.41, 5.74) is 1.33. The van der Waals surface area contributed by atoms with Crippen LogP contribution >= 0.6 is 0 Å². The van der Waals surface area contributed by atoms with Gasteiger partial charge in [0.05, 0.1) is 4.90 Å². The first-order valence-electron chi connectivity index (χ1n) is 9.14. The highest BCUT2D eigenvalue weighted by atomic mass is 32.2. The minimum absolute atomic E-state index is 0.138. The molecule has 0 aromatic heterocycles. The number of hydrogen-bond donors (Lipinski definition) is 2. The van der Waals surface area contributed by atoms with E-state index in [9.17, 15) is 18.0 Å². The molecule has 29 heavy (non-hydrogen) atoms. The Kier molecular flexibility index (Phi) is 6.31. The molecule has 8 nitrogen and oxygen atoms in total. The zero-order valence-electron chi connectivity index (χ0n) is 16.2. The van der Waals surface area contributed by atoms with E-state index in [0.29, 0.717) is 30.0 Å². The lowest BCUT2D eigenvalue weighted by Gasteiger charge is -2.13. The molecule has 1 heterocycles. The lowest BCUT2D eigenvalue weighted by atomic mass is 10.1. The Morgan fingerprint density at radius 2 is 1.76 bits per heavy atom. The molecule has 0 aliphatic carbocycles. The highest BCUT2D eigenvalue weighted by Gasteiger charge is 2.23. The second-order valence-corrected chi connectivity index (χ2v) is 8.99. The van der Waals surface area contributed by atoms with Gasteiger partial charge in [-0.25, -0.2) is 12.7 Å². The summed E-state index contributed by atoms with van der Waals surface area (Å²) in [6.07, 6.45) is 1.09. The second kappa shape index (κ2) is 8.73. The van der Waals surface area contributed by atoms with Gasteiger partial charge < -0.3 is 15.4 Å². The zero-order chi connectivity index (χ0) is 21.0. The molecule has 1 fully saturated rings. The van der Waals surface area contributed by atoms with Crippen LogP contribution in [0.1, 0.15) is 23.2 Å². The van der Waals surface area contributed by atoms with E-state index in [1.165, 1.54) is 38.4 Å². The van der Waals surface area contributed by atoms with E-state index in [1.807, 2.05) is 0 Å². The van der Waals surface area contributed by atoms with Crippen molar-refractivity contribution in [2.75, 3.05) is 31.3 Å². The van der Waals surface area contributed by atoms with Crippen molar-refractivity contribution in [1.29, 1.82) is 0 Å². The van der Waals surface area contributed by atoms with Gasteiger partial charge in [0.1, 0.15) is 6.10 Å². The van der Waals surface area contributed by atoms with Gasteiger partial charge in [0.2, 0.25) is 10.0 Å². The van der Waals surface area contributed by atoms with Crippen LogP contribution in [0.5, 0.6) is 0 Å². The third-order valence-corrected chi connectivity index (χ3v) is 6.33. The molecule has 0 bridgehead atoms. The first kappa shape index (κ1) is 21.0. The third kappa shape index (κ3) is 5.00. The predicted molar refractivity (Wildman–Crippen MR) is 109 cm³/mol. The number of rotatable bonds is 6. The molecule has 2 amide bonds. The maximum Gasteiger partial charge on any atom is 0.255 e. The molecule has 2 aromatic carbocycles. The normalized spacial score (nSPS) is 16.6. The number of carbonyl (C=O) groups is 2. The summed E-state index contributed by atoms with van der Waals surface area (Å²) in [5, 5.41) is 5.48. The first-order valence-corrected chi connectivity index (χ1v) is 10.6. The van der Waals surface area contributed by atoms with E-state index in [4.69, 9.17) is 4.74 Å². The first-order chi connectivity index (χ1) is 13.8. The summed E-state index contributed by atoms with van der Waals surface area (Å²) in [7, 11) is -0.620. The van der Waals surface area contributed by atoms with Crippen molar-refractivity contribution in [2.24, 2.45) is 0 Å². The summed E-state index contributed by atoms with van der Waals surface area (Å²) in [5.74, 6) is -0.598. The molecular formula is C20H23N3O5S. The Bertz CT molecular complexity index is 997. The highest BCUT2D eigenvalue weighted by Crippen LogP contribution is 2.19. The minimum atomic E-state index is -3.53. The predicted octanol–water partition coefficient (Wildman–Crippen LogP) is 2.31. The second-order valence-electron chi connectivity index (χ2n) is 6.84. The van der Waals surface area contributed by atoms with Crippen LogP contribution < -0.4 is 10.6 Å². The van der Waals surface area contributed by atoms with E-state index in [1.54, 1.807) is 24.3 Å². The maximum absolute atomic E-state index is 12.5. The van der Waals surface area contributed by atoms with Crippen LogP contribution in [-0.4, -0.2) is 51.3 Å². The van der Waals surface area contributed by atoms with Crippen molar-refractivity contribution in [1.82, 2.24) is 4.31 Å². The highest BCUT2D eigenvalue weighted by molar-refractivity contribution is 7.89. The topological polar surface area (TPSA) is 105 Å². The summed E-state index contributed by atoms with van der Waals surface area (Å²) in [6.45, 7) is 0.579. The van der Waals surface area contributed by atoms with Gasteiger partial charge in [-0.3, -0.25) is 9.59 Å². The molecule has 2 N–H and O–H groups in total. The summed E-state index contributed by atoms with van der Waals surface area (Å²) in [6, 6.07) is 12.5. The quantitative estimate of drug-likeness (QED) is 0.750. The van der Waals surface area contributed by atoms with Crippen LogP contribution in [0, 0.1) is 0 Å². The molecule has 0 spiro atoms. The van der Waals surface area contributed by atoms with E-state index in [-0.39, 0.29) is 16.7 Å². The fourth-order valence-corrected chi connectivity index (χ4v) is 3.77. The average Bonchev–Trinajstić information content (AvgIpc) is 3.23. The lowest BCUT2D eigenvalue weighted by molar-refractivity contribution is -0.124. The Labute approximate surface area is 169 Å². The Balaban J connectivity index is 1.67. The molecule has 2 aromatic rings. The summed E-state index contributed by atoms with van der Waals surface area (Å²) >= 11 is 0. The van der Waals surface area contributed by atoms with E-state index in [2.05, 4.69) is 10.6 Å². The number of nitrogens with zero attached hydrogens (tertiary/aromatic N) is 1. The smallest absolute Gasteiger partial charge is 0.255 e. The van der Waals surface area contributed by atoms with Gasteiger partial charge in [0.15, 0.2) is 0 Å². The largest absolute Gasteiger partial charge is 0.368 e. The van der Waals surface area contributed by atoms with Crippen LogP contribution in [0.4, 0.5) is 11.4 Å². The molecule has 3 rings (SSSR count). The van der Waals surface area contributed by atoms with Crippen molar-refractivity contribution < 1.29 is 22.7 Å². The number of benzene rings is 2. The number of ether oxygens (including phenoxy) is 1. The fourth-order valence-electron chi connectivity index (χ4n) is 2.87. The maximum atomic E-state index is 12.5. The number of carbonyl (C=O) groups excluding carboxylic acids is 2. The molecule has 9 heteroatoms. The summed E-state index contributed by atoms with van der Waals surface area (Å²) < 4.78 is 30.7. The van der Waals surface area contributed by atoms with Crippen molar-refractivity contribution >= 4 is 33.2 Å².